The summed E-state index contributed by atoms with van der Waals surface area (Å²) in [5.41, 5.74) is 4.34. The summed E-state index contributed by atoms with van der Waals surface area (Å²) in [4.78, 5) is 38.0. The van der Waals surface area contributed by atoms with Crippen LogP contribution in [0.3, 0.4) is 0 Å². The number of fused-ring (bicyclic) bond motifs is 1. The summed E-state index contributed by atoms with van der Waals surface area (Å²) in [6.07, 6.45) is 1.38. The second-order valence-corrected chi connectivity index (χ2v) is 10.3. The van der Waals surface area contributed by atoms with Gasteiger partial charge in [0.15, 0.2) is 0 Å². The monoisotopic (exact) mass is 587 g/mol. The van der Waals surface area contributed by atoms with Crippen molar-refractivity contribution in [1.29, 1.82) is 0 Å². The number of para-hydroxylation sites is 1. The number of rotatable bonds is 7. The standard InChI is InChI=1S/C30H19Cl2N3O4S/c31-21-12-15-23-25(16-21)40-27(26(23)32)30(38)39-24-9-5-4-8-20(24)17-33-35-29(37)19-10-13-22(14-11-19)34-28(36)18-6-2-1-3-7-18/h1-17H,(H,34,36)(H,35,37)/b33-17-. The van der Waals surface area contributed by atoms with Gasteiger partial charge in [0.1, 0.15) is 10.6 Å². The molecule has 7 nitrogen and oxygen atoms in total. The molecule has 2 amide bonds. The Morgan fingerprint density at radius 2 is 1.50 bits per heavy atom. The van der Waals surface area contributed by atoms with Gasteiger partial charge in [-0.05, 0) is 60.7 Å². The molecule has 0 fully saturated rings. The first kappa shape index (κ1) is 27.1. The Morgan fingerprint density at radius 3 is 2.27 bits per heavy atom. The number of nitrogens with one attached hydrogen (secondary N) is 2. The van der Waals surface area contributed by atoms with Crippen LogP contribution in [0.15, 0.2) is 102 Å². The summed E-state index contributed by atoms with van der Waals surface area (Å²) >= 11 is 13.7. The van der Waals surface area contributed by atoms with Crippen molar-refractivity contribution < 1.29 is 19.1 Å². The fourth-order valence-electron chi connectivity index (χ4n) is 3.72. The molecule has 0 aliphatic rings. The molecule has 40 heavy (non-hydrogen) atoms. The zero-order valence-corrected chi connectivity index (χ0v) is 22.9. The largest absolute Gasteiger partial charge is 0.422 e. The minimum atomic E-state index is -0.619. The Balaban J connectivity index is 1.22. The Labute approximate surface area is 243 Å². The molecule has 10 heteroatoms. The third-order valence-corrected chi connectivity index (χ3v) is 7.58. The van der Waals surface area contributed by atoms with Crippen molar-refractivity contribution in [2.45, 2.75) is 0 Å². The highest BCUT2D eigenvalue weighted by Gasteiger charge is 2.20. The van der Waals surface area contributed by atoms with Gasteiger partial charge in [-0.25, -0.2) is 10.2 Å². The van der Waals surface area contributed by atoms with E-state index in [1.807, 2.05) is 6.07 Å². The third-order valence-electron chi connectivity index (χ3n) is 5.71. The topological polar surface area (TPSA) is 96.9 Å². The average Bonchev–Trinajstić information content (AvgIpc) is 3.30. The lowest BCUT2D eigenvalue weighted by Gasteiger charge is -2.07. The second kappa shape index (κ2) is 12.1. The summed E-state index contributed by atoms with van der Waals surface area (Å²) in [5.74, 6) is -1.08. The average molecular weight is 588 g/mol. The number of halogens is 2. The Bertz CT molecular complexity index is 1750. The van der Waals surface area contributed by atoms with Gasteiger partial charge < -0.3 is 10.1 Å². The van der Waals surface area contributed by atoms with Crippen molar-refractivity contribution >= 4 is 74.3 Å². The van der Waals surface area contributed by atoms with Gasteiger partial charge in [0.2, 0.25) is 0 Å². The summed E-state index contributed by atoms with van der Waals surface area (Å²) in [6.45, 7) is 0. The minimum Gasteiger partial charge on any atom is -0.422 e. The third kappa shape index (κ3) is 6.21. The molecule has 0 radical (unpaired) electrons. The number of esters is 1. The molecule has 0 aliphatic carbocycles. The van der Waals surface area contributed by atoms with Gasteiger partial charge in [-0.1, -0.05) is 59.6 Å². The maximum Gasteiger partial charge on any atom is 0.355 e. The number of hydrazone groups is 1. The number of thiophene rings is 1. The molecule has 5 rings (SSSR count). The summed E-state index contributed by atoms with van der Waals surface area (Å²) in [7, 11) is 0. The molecule has 0 aliphatic heterocycles. The van der Waals surface area contributed by atoms with Crippen LogP contribution in [0.2, 0.25) is 10.0 Å². The van der Waals surface area contributed by atoms with Crippen LogP contribution in [-0.4, -0.2) is 24.0 Å². The first-order chi connectivity index (χ1) is 19.4. The summed E-state index contributed by atoms with van der Waals surface area (Å²) in [5, 5.41) is 8.34. The lowest BCUT2D eigenvalue weighted by atomic mass is 10.1. The summed E-state index contributed by atoms with van der Waals surface area (Å²) < 4.78 is 6.38. The van der Waals surface area contributed by atoms with E-state index in [-0.39, 0.29) is 16.5 Å². The number of hydrogen-bond acceptors (Lipinski definition) is 6. The van der Waals surface area contributed by atoms with E-state index in [4.69, 9.17) is 27.9 Å². The van der Waals surface area contributed by atoms with Crippen LogP contribution in [0.5, 0.6) is 5.75 Å². The van der Waals surface area contributed by atoms with Crippen molar-refractivity contribution in [3.8, 4) is 5.75 Å². The number of carbonyl (C=O) groups excluding carboxylic acids is 3. The molecule has 198 valence electrons. The number of hydrogen-bond donors (Lipinski definition) is 2. The van der Waals surface area contributed by atoms with Crippen LogP contribution in [-0.2, 0) is 0 Å². The van der Waals surface area contributed by atoms with E-state index >= 15 is 0 Å². The Kier molecular flexibility index (Phi) is 8.21. The SMILES string of the molecule is O=C(N/N=C\c1ccccc1OC(=O)c1sc2cc(Cl)ccc2c1Cl)c1ccc(NC(=O)c2ccccc2)cc1. The minimum absolute atomic E-state index is 0.246. The van der Waals surface area contributed by atoms with Gasteiger partial charge >= 0.3 is 5.97 Å². The fourth-order valence-corrected chi connectivity index (χ4v) is 5.38. The van der Waals surface area contributed by atoms with Crippen LogP contribution in [0.1, 0.15) is 36.0 Å². The maximum absolute atomic E-state index is 12.9. The molecule has 1 aromatic heterocycles. The van der Waals surface area contributed by atoms with Gasteiger partial charge in [0.25, 0.3) is 11.8 Å². The van der Waals surface area contributed by atoms with E-state index in [1.165, 1.54) is 17.6 Å². The zero-order chi connectivity index (χ0) is 28.1. The molecule has 2 N–H and O–H groups in total. The lowest BCUT2D eigenvalue weighted by molar-refractivity contribution is 0.0739. The van der Waals surface area contributed by atoms with Crippen LogP contribution in [0.25, 0.3) is 10.1 Å². The van der Waals surface area contributed by atoms with E-state index < -0.39 is 11.9 Å². The number of ether oxygens (including phenoxy) is 1. The van der Waals surface area contributed by atoms with Crippen molar-refractivity contribution in [2.75, 3.05) is 5.32 Å². The number of nitrogens with zero attached hydrogens (tertiary/aromatic N) is 1. The number of benzene rings is 4. The van der Waals surface area contributed by atoms with Gasteiger partial charge in [-0.2, -0.15) is 5.10 Å². The highest BCUT2D eigenvalue weighted by molar-refractivity contribution is 7.21. The molecule has 0 saturated carbocycles. The quantitative estimate of drug-likeness (QED) is 0.0894. The van der Waals surface area contributed by atoms with Crippen molar-refractivity contribution in [1.82, 2.24) is 5.43 Å². The van der Waals surface area contributed by atoms with E-state index in [9.17, 15) is 14.4 Å². The summed E-state index contributed by atoms with van der Waals surface area (Å²) in [6, 6.07) is 27.2. The molecule has 0 spiro atoms. The number of anilines is 1. The highest BCUT2D eigenvalue weighted by atomic mass is 35.5. The van der Waals surface area contributed by atoms with Gasteiger partial charge in [0.05, 0.1) is 11.2 Å². The number of amides is 2. The van der Waals surface area contributed by atoms with Gasteiger partial charge in [-0.3, -0.25) is 9.59 Å². The van der Waals surface area contributed by atoms with E-state index in [0.29, 0.717) is 37.8 Å². The normalized spacial score (nSPS) is 10.9. The maximum atomic E-state index is 12.9. The molecule has 4 aromatic carbocycles. The zero-order valence-electron chi connectivity index (χ0n) is 20.6. The van der Waals surface area contributed by atoms with Crippen LogP contribution >= 0.6 is 34.5 Å². The molecular weight excluding hydrogens is 569 g/mol. The molecule has 0 saturated heterocycles. The van der Waals surface area contributed by atoms with Gasteiger partial charge in [0, 0.05) is 37.5 Å². The smallest absolute Gasteiger partial charge is 0.355 e. The molecule has 0 bridgehead atoms. The van der Waals surface area contributed by atoms with Crippen molar-refractivity contribution in [3.05, 3.63) is 129 Å². The second-order valence-electron chi connectivity index (χ2n) is 8.41. The van der Waals surface area contributed by atoms with Crippen molar-refractivity contribution in [2.24, 2.45) is 5.10 Å². The molecule has 5 aromatic rings. The molecule has 0 unspecified atom stereocenters. The lowest BCUT2D eigenvalue weighted by Crippen LogP contribution is -2.18. The first-order valence-corrected chi connectivity index (χ1v) is 13.4. The first-order valence-electron chi connectivity index (χ1n) is 11.9. The Hall–Kier alpha value is -4.50. The molecule has 0 atom stereocenters. The van der Waals surface area contributed by atoms with Crippen molar-refractivity contribution in [3.63, 3.8) is 0 Å². The van der Waals surface area contributed by atoms with Crippen LogP contribution in [0.4, 0.5) is 5.69 Å². The predicted octanol–water partition coefficient (Wildman–Crippen LogP) is 7.44. The molecule has 1 heterocycles. The van der Waals surface area contributed by atoms with E-state index in [1.54, 1.807) is 91.0 Å². The van der Waals surface area contributed by atoms with Crippen LogP contribution < -0.4 is 15.5 Å². The predicted molar refractivity (Wildman–Crippen MR) is 159 cm³/mol. The fraction of sp³-hybridized carbons (Fsp3) is 0. The van der Waals surface area contributed by atoms with Crippen LogP contribution in [0, 0.1) is 0 Å². The van der Waals surface area contributed by atoms with Gasteiger partial charge in [-0.15, -0.1) is 11.3 Å². The highest BCUT2D eigenvalue weighted by Crippen LogP contribution is 2.37. The van der Waals surface area contributed by atoms with E-state index in [2.05, 4.69) is 15.8 Å². The number of carbonyl (C=O) groups is 3. The Morgan fingerprint density at radius 1 is 0.800 bits per heavy atom. The van der Waals surface area contributed by atoms with E-state index in [0.717, 1.165) is 4.70 Å². The molecular formula is C30H19Cl2N3O4S.